The molecular weight excluding hydrogens is 201 g/mol. The van der Waals surface area contributed by atoms with Crippen molar-refractivity contribution in [2.24, 2.45) is 4.99 Å². The third-order valence-electron chi connectivity index (χ3n) is 2.90. The Kier molecular flexibility index (Phi) is 1.93. The highest BCUT2D eigenvalue weighted by Crippen LogP contribution is 2.41. The third-order valence-corrected chi connectivity index (χ3v) is 3.19. The van der Waals surface area contributed by atoms with E-state index in [1.807, 2.05) is 6.92 Å². The van der Waals surface area contributed by atoms with Crippen molar-refractivity contribution >= 4 is 23.0 Å². The summed E-state index contributed by atoms with van der Waals surface area (Å²) >= 11 is 5.74. The van der Waals surface area contributed by atoms with Crippen LogP contribution in [0.25, 0.3) is 0 Å². The van der Waals surface area contributed by atoms with Crippen molar-refractivity contribution in [3.8, 4) is 0 Å². The number of rotatable bonds is 0. The zero-order chi connectivity index (χ0) is 10.5. The van der Waals surface area contributed by atoms with Gasteiger partial charge in [0.05, 0.1) is 10.7 Å². The first-order valence-corrected chi connectivity index (χ1v) is 4.86. The van der Waals surface area contributed by atoms with E-state index in [1.54, 1.807) is 6.07 Å². The molecule has 3 heteroatoms. The molecule has 1 aromatic rings. The van der Waals surface area contributed by atoms with Gasteiger partial charge in [-0.1, -0.05) is 25.4 Å². The Morgan fingerprint density at radius 2 is 2.00 bits per heavy atom. The Labute approximate surface area is 87.6 Å². The summed E-state index contributed by atoms with van der Waals surface area (Å²) in [5.41, 5.74) is 2.57. The molecule has 0 N–H and O–H groups in total. The van der Waals surface area contributed by atoms with Gasteiger partial charge in [0.2, 0.25) is 0 Å². The van der Waals surface area contributed by atoms with E-state index in [1.165, 1.54) is 6.07 Å². The Morgan fingerprint density at radius 3 is 2.64 bits per heavy atom. The number of nitrogens with zero attached hydrogens (tertiary/aromatic N) is 1. The first kappa shape index (κ1) is 9.66. The molecule has 0 unspecified atom stereocenters. The van der Waals surface area contributed by atoms with Gasteiger partial charge in [-0.3, -0.25) is 4.99 Å². The number of hydrogen-bond donors (Lipinski definition) is 0. The number of aliphatic imine (C=N–C) groups is 1. The minimum absolute atomic E-state index is 0.132. The summed E-state index contributed by atoms with van der Waals surface area (Å²) in [5, 5.41) is 0.168. The highest BCUT2D eigenvalue weighted by Gasteiger charge is 2.32. The smallest absolute Gasteiger partial charge is 0.143 e. The van der Waals surface area contributed by atoms with Gasteiger partial charge in [-0.05, 0) is 18.6 Å². The van der Waals surface area contributed by atoms with Crippen molar-refractivity contribution in [2.75, 3.05) is 0 Å². The molecule has 1 aliphatic rings. The number of benzene rings is 1. The van der Waals surface area contributed by atoms with Crippen LogP contribution in [0.4, 0.5) is 10.1 Å². The topological polar surface area (TPSA) is 12.4 Å². The minimum Gasteiger partial charge on any atom is -0.257 e. The molecule has 0 radical (unpaired) electrons. The van der Waals surface area contributed by atoms with Crippen LogP contribution in [0.3, 0.4) is 0 Å². The maximum atomic E-state index is 13.2. The number of halogens is 2. The molecule has 0 saturated carbocycles. The van der Waals surface area contributed by atoms with E-state index >= 15 is 0 Å². The average Bonchev–Trinajstić information content (AvgIpc) is 2.28. The van der Waals surface area contributed by atoms with Gasteiger partial charge in [-0.25, -0.2) is 4.39 Å². The van der Waals surface area contributed by atoms with Gasteiger partial charge in [-0.2, -0.15) is 0 Å². The van der Waals surface area contributed by atoms with E-state index in [4.69, 9.17) is 11.6 Å². The van der Waals surface area contributed by atoms with E-state index in [9.17, 15) is 4.39 Å². The van der Waals surface area contributed by atoms with Crippen molar-refractivity contribution in [1.82, 2.24) is 0 Å². The molecule has 1 heterocycles. The zero-order valence-electron chi connectivity index (χ0n) is 8.36. The lowest BCUT2D eigenvalue weighted by Crippen LogP contribution is -2.22. The fourth-order valence-electron chi connectivity index (χ4n) is 1.64. The first-order chi connectivity index (χ1) is 6.43. The Balaban J connectivity index is 2.69. The molecule has 74 valence electrons. The average molecular weight is 212 g/mol. The monoisotopic (exact) mass is 211 g/mol. The summed E-state index contributed by atoms with van der Waals surface area (Å²) in [7, 11) is 0. The van der Waals surface area contributed by atoms with Crippen LogP contribution < -0.4 is 0 Å². The lowest BCUT2D eigenvalue weighted by Gasteiger charge is -2.19. The molecule has 0 saturated heterocycles. The minimum atomic E-state index is -0.403. The Morgan fingerprint density at radius 1 is 1.36 bits per heavy atom. The van der Waals surface area contributed by atoms with Crippen molar-refractivity contribution in [3.63, 3.8) is 0 Å². The lowest BCUT2D eigenvalue weighted by molar-refractivity contribution is 0.626. The molecule has 0 fully saturated rings. The molecular formula is C11H11ClFN. The highest BCUT2D eigenvalue weighted by atomic mass is 35.5. The fraction of sp³-hybridized carbons (Fsp3) is 0.364. The second kappa shape index (κ2) is 2.80. The van der Waals surface area contributed by atoms with Gasteiger partial charge < -0.3 is 0 Å². The van der Waals surface area contributed by atoms with E-state index in [-0.39, 0.29) is 10.4 Å². The predicted molar refractivity (Wildman–Crippen MR) is 57.2 cm³/mol. The van der Waals surface area contributed by atoms with E-state index in [2.05, 4.69) is 18.8 Å². The van der Waals surface area contributed by atoms with E-state index in [0.29, 0.717) is 5.69 Å². The van der Waals surface area contributed by atoms with Gasteiger partial charge in [0.15, 0.2) is 0 Å². The maximum absolute atomic E-state index is 13.2. The molecule has 0 aliphatic carbocycles. The summed E-state index contributed by atoms with van der Waals surface area (Å²) in [6, 6.07) is 3.07. The summed E-state index contributed by atoms with van der Waals surface area (Å²) in [6.07, 6.45) is 0. The summed E-state index contributed by atoms with van der Waals surface area (Å²) in [5.74, 6) is -0.403. The largest absolute Gasteiger partial charge is 0.257 e. The fourth-order valence-corrected chi connectivity index (χ4v) is 1.81. The van der Waals surface area contributed by atoms with Crippen molar-refractivity contribution < 1.29 is 4.39 Å². The zero-order valence-corrected chi connectivity index (χ0v) is 9.11. The summed E-state index contributed by atoms with van der Waals surface area (Å²) < 4.78 is 13.2. The van der Waals surface area contributed by atoms with Crippen LogP contribution in [0.1, 0.15) is 26.3 Å². The van der Waals surface area contributed by atoms with E-state index in [0.717, 1.165) is 11.3 Å². The Hall–Kier alpha value is -0.890. The number of fused-ring (bicyclic) bond motifs is 1. The van der Waals surface area contributed by atoms with Gasteiger partial charge >= 0.3 is 0 Å². The maximum Gasteiger partial charge on any atom is 0.143 e. The van der Waals surface area contributed by atoms with Crippen LogP contribution in [0.5, 0.6) is 0 Å². The van der Waals surface area contributed by atoms with Gasteiger partial charge in [0.1, 0.15) is 5.82 Å². The second-order valence-corrected chi connectivity index (χ2v) is 4.51. The normalized spacial score (nSPS) is 17.9. The van der Waals surface area contributed by atoms with Crippen molar-refractivity contribution in [3.05, 3.63) is 28.5 Å². The van der Waals surface area contributed by atoms with Crippen LogP contribution in [-0.2, 0) is 5.41 Å². The molecule has 1 aliphatic heterocycles. The molecule has 1 aromatic carbocycles. The van der Waals surface area contributed by atoms with Gasteiger partial charge in [0, 0.05) is 17.2 Å². The first-order valence-electron chi connectivity index (χ1n) is 4.48. The van der Waals surface area contributed by atoms with Crippen LogP contribution in [0, 0.1) is 5.82 Å². The van der Waals surface area contributed by atoms with Gasteiger partial charge in [0.25, 0.3) is 0 Å². The molecule has 0 spiro atoms. The van der Waals surface area contributed by atoms with Gasteiger partial charge in [-0.15, -0.1) is 0 Å². The van der Waals surface area contributed by atoms with Crippen LogP contribution in [-0.4, -0.2) is 5.71 Å². The molecule has 0 atom stereocenters. The van der Waals surface area contributed by atoms with Crippen molar-refractivity contribution in [1.29, 1.82) is 0 Å². The standard InChI is InChI=1S/C11H11ClFN/c1-6-11(2,3)7-4-8(12)9(13)5-10(7)14-6/h4-5H,1-3H3. The number of hydrogen-bond acceptors (Lipinski definition) is 1. The molecule has 2 rings (SSSR count). The molecule has 0 bridgehead atoms. The molecule has 1 nitrogen and oxygen atoms in total. The SMILES string of the molecule is CC1=Nc2cc(F)c(Cl)cc2C1(C)C. The highest BCUT2D eigenvalue weighted by molar-refractivity contribution is 6.31. The Bertz CT molecular complexity index is 435. The molecule has 0 amide bonds. The lowest BCUT2D eigenvalue weighted by atomic mass is 9.82. The second-order valence-electron chi connectivity index (χ2n) is 4.11. The molecule has 14 heavy (non-hydrogen) atoms. The van der Waals surface area contributed by atoms with Crippen molar-refractivity contribution in [2.45, 2.75) is 26.2 Å². The molecule has 0 aromatic heterocycles. The quantitative estimate of drug-likeness (QED) is 0.618. The van der Waals surface area contributed by atoms with Crippen LogP contribution >= 0.6 is 11.6 Å². The summed E-state index contributed by atoms with van der Waals surface area (Å²) in [4.78, 5) is 4.32. The van der Waals surface area contributed by atoms with Crippen LogP contribution in [0.15, 0.2) is 17.1 Å². The predicted octanol–water partition coefficient (Wildman–Crippen LogP) is 3.86. The third kappa shape index (κ3) is 1.17. The summed E-state index contributed by atoms with van der Waals surface area (Å²) in [6.45, 7) is 6.07. The van der Waals surface area contributed by atoms with E-state index < -0.39 is 5.82 Å². The van der Waals surface area contributed by atoms with Crippen LogP contribution in [0.2, 0.25) is 5.02 Å².